The first-order valence-electron chi connectivity index (χ1n) is 6.22. The molecule has 1 unspecified atom stereocenters. The van der Waals surface area contributed by atoms with E-state index in [1.54, 1.807) is 5.01 Å². The molecule has 0 aromatic heterocycles. The van der Waals surface area contributed by atoms with Crippen LogP contribution in [0.25, 0.3) is 0 Å². The summed E-state index contributed by atoms with van der Waals surface area (Å²) in [6, 6.07) is 0. The van der Waals surface area contributed by atoms with E-state index >= 15 is 0 Å². The van der Waals surface area contributed by atoms with Gasteiger partial charge < -0.3 is 5.73 Å². The number of rotatable bonds is 2. The van der Waals surface area contributed by atoms with Gasteiger partial charge in [0.1, 0.15) is 0 Å². The Morgan fingerprint density at radius 1 is 1.24 bits per heavy atom. The summed E-state index contributed by atoms with van der Waals surface area (Å²) < 4.78 is 0. The van der Waals surface area contributed by atoms with Crippen molar-refractivity contribution in [3.05, 3.63) is 0 Å². The second-order valence-electron chi connectivity index (χ2n) is 6.69. The molecule has 0 radical (unpaired) electrons. The zero-order valence-electron chi connectivity index (χ0n) is 11.9. The lowest BCUT2D eigenvalue weighted by Crippen LogP contribution is -2.41. The first kappa shape index (κ1) is 14.2. The molecule has 17 heavy (non-hydrogen) atoms. The molecule has 2 N–H and O–H groups in total. The Hall–Kier alpha value is -0.900. The molecule has 1 atom stereocenters. The molecule has 4 heteroatoms. The zero-order chi connectivity index (χ0) is 13.4. The molecule has 4 nitrogen and oxygen atoms in total. The van der Waals surface area contributed by atoms with Crippen molar-refractivity contribution in [3.63, 3.8) is 0 Å². The number of hydrogen-bond donors (Lipinski definition) is 1. The van der Waals surface area contributed by atoms with E-state index in [2.05, 4.69) is 25.9 Å². The Bertz CT molecular complexity index is 334. The summed E-state index contributed by atoms with van der Waals surface area (Å²) >= 11 is 0. The molecule has 1 heterocycles. The minimum absolute atomic E-state index is 0.0878. The monoisotopic (exact) mass is 239 g/mol. The van der Waals surface area contributed by atoms with Gasteiger partial charge >= 0.3 is 0 Å². The Morgan fingerprint density at radius 2 is 1.76 bits per heavy atom. The van der Waals surface area contributed by atoms with Crippen molar-refractivity contribution in [2.75, 3.05) is 6.54 Å². The standard InChI is InChI=1S/C13H25N3O/c1-12(2,3)10-9(7-8-14)11(17)16(15-10)13(4,5)6/h9H,7-8,14H2,1-6H3. The second-order valence-corrected chi connectivity index (χ2v) is 6.69. The van der Waals surface area contributed by atoms with E-state index in [9.17, 15) is 4.79 Å². The fraction of sp³-hybridized carbons (Fsp3) is 0.846. The molecule has 98 valence electrons. The number of amides is 1. The van der Waals surface area contributed by atoms with Gasteiger partial charge in [-0.05, 0) is 33.7 Å². The zero-order valence-corrected chi connectivity index (χ0v) is 11.9. The third-order valence-electron chi connectivity index (χ3n) is 2.90. The van der Waals surface area contributed by atoms with E-state index in [-0.39, 0.29) is 22.8 Å². The largest absolute Gasteiger partial charge is 0.330 e. The summed E-state index contributed by atoms with van der Waals surface area (Å²) in [4.78, 5) is 12.4. The highest BCUT2D eigenvalue weighted by atomic mass is 16.2. The van der Waals surface area contributed by atoms with Gasteiger partial charge in [0, 0.05) is 5.41 Å². The first-order chi connectivity index (χ1) is 7.59. The number of carbonyl (C=O) groups is 1. The molecule has 0 aromatic rings. The Balaban J connectivity index is 3.11. The Kier molecular flexibility index (Phi) is 3.67. The number of hydrazone groups is 1. The van der Waals surface area contributed by atoms with E-state index in [1.165, 1.54) is 0 Å². The van der Waals surface area contributed by atoms with Gasteiger partial charge in [0.15, 0.2) is 0 Å². The maximum atomic E-state index is 12.4. The fourth-order valence-corrected chi connectivity index (χ4v) is 2.07. The Labute approximate surface area is 104 Å². The van der Waals surface area contributed by atoms with Crippen LogP contribution in [0.4, 0.5) is 0 Å². The highest BCUT2D eigenvalue weighted by Crippen LogP contribution is 2.33. The summed E-state index contributed by atoms with van der Waals surface area (Å²) in [5.74, 6) is -0.0490. The van der Waals surface area contributed by atoms with Crippen molar-refractivity contribution >= 4 is 11.6 Å². The van der Waals surface area contributed by atoms with Crippen LogP contribution < -0.4 is 5.73 Å². The molecular weight excluding hydrogens is 214 g/mol. The van der Waals surface area contributed by atoms with Gasteiger partial charge in [-0.3, -0.25) is 4.79 Å². The quantitative estimate of drug-likeness (QED) is 0.801. The van der Waals surface area contributed by atoms with E-state index < -0.39 is 0 Å². The van der Waals surface area contributed by atoms with Gasteiger partial charge in [-0.25, -0.2) is 5.01 Å². The van der Waals surface area contributed by atoms with Crippen molar-refractivity contribution in [2.45, 2.75) is 53.5 Å². The average molecular weight is 239 g/mol. The Morgan fingerprint density at radius 3 is 2.12 bits per heavy atom. The maximum absolute atomic E-state index is 12.4. The highest BCUT2D eigenvalue weighted by Gasteiger charge is 2.43. The van der Waals surface area contributed by atoms with Crippen LogP contribution in [-0.2, 0) is 4.79 Å². The first-order valence-corrected chi connectivity index (χ1v) is 6.22. The van der Waals surface area contributed by atoms with Crippen molar-refractivity contribution in [3.8, 4) is 0 Å². The number of hydrogen-bond acceptors (Lipinski definition) is 3. The topological polar surface area (TPSA) is 58.7 Å². The average Bonchev–Trinajstić information content (AvgIpc) is 2.43. The van der Waals surface area contributed by atoms with Crippen LogP contribution in [-0.4, -0.2) is 28.7 Å². The van der Waals surface area contributed by atoms with Gasteiger partial charge in [-0.15, -0.1) is 0 Å². The van der Waals surface area contributed by atoms with Crippen molar-refractivity contribution in [1.82, 2.24) is 5.01 Å². The summed E-state index contributed by atoms with van der Waals surface area (Å²) in [5, 5.41) is 6.18. The minimum atomic E-state index is -0.267. The van der Waals surface area contributed by atoms with Gasteiger partial charge in [0.2, 0.25) is 0 Å². The van der Waals surface area contributed by atoms with Crippen LogP contribution in [0, 0.1) is 11.3 Å². The normalized spacial score (nSPS) is 22.1. The molecule has 1 aliphatic rings. The maximum Gasteiger partial charge on any atom is 0.252 e. The lowest BCUT2D eigenvalue weighted by Gasteiger charge is -2.28. The van der Waals surface area contributed by atoms with Crippen LogP contribution in [0.3, 0.4) is 0 Å². The third-order valence-corrected chi connectivity index (χ3v) is 2.90. The van der Waals surface area contributed by atoms with Gasteiger partial charge in [-0.1, -0.05) is 20.8 Å². The molecule has 1 amide bonds. The SMILES string of the molecule is CC(C)(C)C1=NN(C(C)(C)C)C(=O)C1CCN. The smallest absolute Gasteiger partial charge is 0.252 e. The molecule has 0 spiro atoms. The van der Waals surface area contributed by atoms with Crippen LogP contribution in [0.1, 0.15) is 48.0 Å². The predicted octanol–water partition coefficient (Wildman–Crippen LogP) is 1.99. The van der Waals surface area contributed by atoms with Crippen molar-refractivity contribution < 1.29 is 4.79 Å². The molecule has 0 aromatic carbocycles. The van der Waals surface area contributed by atoms with E-state index in [1.807, 2.05) is 20.8 Å². The number of nitrogens with zero attached hydrogens (tertiary/aromatic N) is 2. The van der Waals surface area contributed by atoms with Gasteiger partial charge in [0.25, 0.3) is 5.91 Å². The van der Waals surface area contributed by atoms with E-state index in [0.717, 1.165) is 5.71 Å². The molecular formula is C13H25N3O. The highest BCUT2D eigenvalue weighted by molar-refractivity contribution is 6.10. The van der Waals surface area contributed by atoms with Crippen LogP contribution >= 0.6 is 0 Å². The molecule has 1 aliphatic heterocycles. The van der Waals surface area contributed by atoms with Crippen LogP contribution in [0.5, 0.6) is 0 Å². The number of carbonyl (C=O) groups excluding carboxylic acids is 1. The molecule has 1 rings (SSSR count). The van der Waals surface area contributed by atoms with Crippen LogP contribution in [0.2, 0.25) is 0 Å². The lowest BCUT2D eigenvalue weighted by atomic mass is 9.81. The summed E-state index contributed by atoms with van der Waals surface area (Å²) in [5.41, 5.74) is 6.21. The number of nitrogens with two attached hydrogens (primary N) is 1. The second kappa shape index (κ2) is 4.41. The molecule has 0 saturated carbocycles. The molecule has 0 bridgehead atoms. The van der Waals surface area contributed by atoms with Gasteiger partial charge in [0.05, 0.1) is 17.2 Å². The van der Waals surface area contributed by atoms with Crippen molar-refractivity contribution in [1.29, 1.82) is 0 Å². The fourth-order valence-electron chi connectivity index (χ4n) is 2.07. The lowest BCUT2D eigenvalue weighted by molar-refractivity contribution is -0.136. The van der Waals surface area contributed by atoms with E-state index in [0.29, 0.717) is 13.0 Å². The predicted molar refractivity (Wildman–Crippen MR) is 70.7 cm³/mol. The third kappa shape index (κ3) is 2.86. The summed E-state index contributed by atoms with van der Waals surface area (Å²) in [6.07, 6.45) is 0.682. The minimum Gasteiger partial charge on any atom is -0.330 e. The summed E-state index contributed by atoms with van der Waals surface area (Å²) in [6.45, 7) is 12.8. The van der Waals surface area contributed by atoms with Crippen LogP contribution in [0.15, 0.2) is 5.10 Å². The van der Waals surface area contributed by atoms with E-state index in [4.69, 9.17) is 5.73 Å². The summed E-state index contributed by atoms with van der Waals surface area (Å²) in [7, 11) is 0. The van der Waals surface area contributed by atoms with Crippen molar-refractivity contribution in [2.24, 2.45) is 22.2 Å². The molecule has 0 aliphatic carbocycles. The van der Waals surface area contributed by atoms with Gasteiger partial charge in [-0.2, -0.15) is 5.10 Å². The molecule has 0 saturated heterocycles. The molecule has 0 fully saturated rings.